The highest BCUT2D eigenvalue weighted by atomic mass is 32.2. The predicted molar refractivity (Wildman–Crippen MR) is 47.7 cm³/mol. The predicted octanol–water partition coefficient (Wildman–Crippen LogP) is 1.20. The molecule has 5 heteroatoms. The number of hydrogen-bond donors (Lipinski definition) is 0. The van der Waals surface area contributed by atoms with Crippen molar-refractivity contribution in [1.82, 2.24) is 4.98 Å². The third-order valence-corrected chi connectivity index (χ3v) is 2.57. The molecule has 1 heterocycles. The third-order valence-electron chi connectivity index (χ3n) is 1.34. The summed E-state index contributed by atoms with van der Waals surface area (Å²) in [6.07, 6.45) is 2.08. The van der Waals surface area contributed by atoms with E-state index in [0.29, 0.717) is 6.42 Å². The van der Waals surface area contributed by atoms with Crippen molar-refractivity contribution in [2.45, 2.75) is 18.4 Å². The first-order valence-electron chi connectivity index (χ1n) is 3.97. The Kier molecular flexibility index (Phi) is 3.39. The molecule has 0 bridgehead atoms. The Hall–Kier alpha value is -0.940. The molecule has 0 fully saturated rings. The van der Waals surface area contributed by atoms with Crippen molar-refractivity contribution < 1.29 is 12.6 Å². The SMILES string of the molecule is CCCOS(=O)(=O)c1ccccn1. The number of aromatic nitrogens is 1. The van der Waals surface area contributed by atoms with Crippen molar-refractivity contribution in [3.63, 3.8) is 0 Å². The lowest BCUT2D eigenvalue weighted by molar-refractivity contribution is 0.316. The number of pyridine rings is 1. The van der Waals surface area contributed by atoms with Crippen LogP contribution in [0.25, 0.3) is 0 Å². The molecule has 72 valence electrons. The van der Waals surface area contributed by atoms with Crippen LogP contribution in [0.5, 0.6) is 0 Å². The lowest BCUT2D eigenvalue weighted by Gasteiger charge is -2.01. The van der Waals surface area contributed by atoms with Gasteiger partial charge in [-0.25, -0.2) is 4.98 Å². The van der Waals surface area contributed by atoms with Crippen molar-refractivity contribution in [2.24, 2.45) is 0 Å². The molecule has 1 aromatic rings. The first-order chi connectivity index (χ1) is 6.17. The average molecular weight is 201 g/mol. The topological polar surface area (TPSA) is 56.3 Å². The van der Waals surface area contributed by atoms with Gasteiger partial charge in [-0.1, -0.05) is 13.0 Å². The number of rotatable bonds is 4. The molecule has 1 aromatic heterocycles. The molecule has 13 heavy (non-hydrogen) atoms. The maximum atomic E-state index is 11.3. The molecular weight excluding hydrogens is 190 g/mol. The van der Waals surface area contributed by atoms with Crippen molar-refractivity contribution >= 4 is 10.1 Å². The summed E-state index contributed by atoms with van der Waals surface area (Å²) in [7, 11) is -3.63. The summed E-state index contributed by atoms with van der Waals surface area (Å²) in [6, 6.07) is 4.67. The van der Waals surface area contributed by atoms with E-state index in [9.17, 15) is 8.42 Å². The molecule has 0 unspecified atom stereocenters. The second-order valence-electron chi connectivity index (χ2n) is 2.44. The van der Waals surface area contributed by atoms with E-state index >= 15 is 0 Å². The lowest BCUT2D eigenvalue weighted by atomic mass is 10.5. The molecule has 0 aliphatic heterocycles. The minimum Gasteiger partial charge on any atom is -0.265 e. The summed E-state index contributed by atoms with van der Waals surface area (Å²) in [4.78, 5) is 3.69. The van der Waals surface area contributed by atoms with Gasteiger partial charge >= 0.3 is 10.1 Å². The highest BCUT2D eigenvalue weighted by Gasteiger charge is 2.14. The van der Waals surface area contributed by atoms with Crippen molar-refractivity contribution in [3.8, 4) is 0 Å². The Bertz CT molecular complexity index is 347. The summed E-state index contributed by atoms with van der Waals surface area (Å²) in [6.45, 7) is 2.03. The van der Waals surface area contributed by atoms with E-state index in [0.717, 1.165) is 0 Å². The molecule has 0 radical (unpaired) electrons. The molecule has 0 amide bonds. The summed E-state index contributed by atoms with van der Waals surface area (Å²) in [5, 5.41) is -0.0385. The van der Waals surface area contributed by atoms with Gasteiger partial charge in [-0.3, -0.25) is 4.18 Å². The van der Waals surface area contributed by atoms with E-state index in [2.05, 4.69) is 9.17 Å². The Labute approximate surface area is 77.7 Å². The summed E-state index contributed by atoms with van der Waals surface area (Å²) >= 11 is 0. The van der Waals surface area contributed by atoms with Crippen LogP contribution in [-0.2, 0) is 14.3 Å². The quantitative estimate of drug-likeness (QED) is 0.687. The molecule has 0 N–H and O–H groups in total. The minimum absolute atomic E-state index is 0.0385. The van der Waals surface area contributed by atoms with Crippen LogP contribution >= 0.6 is 0 Å². The van der Waals surface area contributed by atoms with Gasteiger partial charge < -0.3 is 0 Å². The maximum Gasteiger partial charge on any atom is 0.314 e. The highest BCUT2D eigenvalue weighted by molar-refractivity contribution is 7.86. The first kappa shape index (κ1) is 10.1. The molecular formula is C8H11NO3S. The monoisotopic (exact) mass is 201 g/mol. The number of nitrogens with zero attached hydrogens (tertiary/aromatic N) is 1. The van der Waals surface area contributed by atoms with Crippen LogP contribution in [0.4, 0.5) is 0 Å². The number of hydrogen-bond acceptors (Lipinski definition) is 4. The van der Waals surface area contributed by atoms with Gasteiger partial charge in [-0.15, -0.1) is 0 Å². The summed E-state index contributed by atoms with van der Waals surface area (Å²) in [5.41, 5.74) is 0. The van der Waals surface area contributed by atoms with Gasteiger partial charge in [0.1, 0.15) is 0 Å². The Morgan fingerprint density at radius 1 is 1.46 bits per heavy atom. The largest absolute Gasteiger partial charge is 0.314 e. The van der Waals surface area contributed by atoms with Gasteiger partial charge in [-0.05, 0) is 18.6 Å². The van der Waals surface area contributed by atoms with Crippen molar-refractivity contribution in [1.29, 1.82) is 0 Å². The smallest absolute Gasteiger partial charge is 0.265 e. The van der Waals surface area contributed by atoms with Gasteiger partial charge in [0.2, 0.25) is 0 Å². The Morgan fingerprint density at radius 3 is 2.77 bits per heavy atom. The molecule has 0 atom stereocenters. The minimum atomic E-state index is -3.63. The molecule has 0 aromatic carbocycles. The van der Waals surface area contributed by atoms with Crippen molar-refractivity contribution in [3.05, 3.63) is 24.4 Å². The second-order valence-corrected chi connectivity index (χ2v) is 4.01. The van der Waals surface area contributed by atoms with Gasteiger partial charge in [0.25, 0.3) is 0 Å². The van der Waals surface area contributed by atoms with E-state index < -0.39 is 10.1 Å². The molecule has 0 saturated heterocycles. The summed E-state index contributed by atoms with van der Waals surface area (Å²) in [5.74, 6) is 0. The molecule has 0 aliphatic carbocycles. The van der Waals surface area contributed by atoms with E-state index in [4.69, 9.17) is 0 Å². The van der Waals surface area contributed by atoms with Gasteiger partial charge in [0.05, 0.1) is 6.61 Å². The van der Waals surface area contributed by atoms with Crippen LogP contribution in [0.15, 0.2) is 29.4 Å². The molecule has 0 aliphatic rings. The average Bonchev–Trinajstić information content (AvgIpc) is 2.16. The lowest BCUT2D eigenvalue weighted by Crippen LogP contribution is -2.08. The maximum absolute atomic E-state index is 11.3. The van der Waals surface area contributed by atoms with E-state index in [-0.39, 0.29) is 11.6 Å². The normalized spacial score (nSPS) is 11.5. The first-order valence-corrected chi connectivity index (χ1v) is 5.38. The fraction of sp³-hybridized carbons (Fsp3) is 0.375. The molecule has 0 saturated carbocycles. The molecule has 1 rings (SSSR count). The zero-order valence-electron chi connectivity index (χ0n) is 7.30. The van der Waals surface area contributed by atoms with Gasteiger partial charge in [0, 0.05) is 6.20 Å². The highest BCUT2D eigenvalue weighted by Crippen LogP contribution is 2.07. The van der Waals surface area contributed by atoms with Crippen molar-refractivity contribution in [2.75, 3.05) is 6.61 Å². The van der Waals surface area contributed by atoms with Gasteiger partial charge in [-0.2, -0.15) is 8.42 Å². The van der Waals surface area contributed by atoms with Crippen LogP contribution in [0, 0.1) is 0 Å². The zero-order valence-corrected chi connectivity index (χ0v) is 8.12. The van der Waals surface area contributed by atoms with Crippen LogP contribution in [0.1, 0.15) is 13.3 Å². The van der Waals surface area contributed by atoms with Crippen LogP contribution < -0.4 is 0 Å². The Balaban J connectivity index is 2.83. The van der Waals surface area contributed by atoms with E-state index in [1.165, 1.54) is 12.3 Å². The van der Waals surface area contributed by atoms with Crippen LogP contribution in [0.2, 0.25) is 0 Å². The van der Waals surface area contributed by atoms with Crippen LogP contribution in [0.3, 0.4) is 0 Å². The van der Waals surface area contributed by atoms with Crippen LogP contribution in [-0.4, -0.2) is 20.0 Å². The zero-order chi connectivity index (χ0) is 9.73. The fourth-order valence-electron chi connectivity index (χ4n) is 0.748. The Morgan fingerprint density at radius 2 is 2.23 bits per heavy atom. The second kappa shape index (κ2) is 4.34. The van der Waals surface area contributed by atoms with Gasteiger partial charge in [0.15, 0.2) is 5.03 Å². The fourth-order valence-corrected chi connectivity index (χ4v) is 1.69. The molecule has 4 nitrogen and oxygen atoms in total. The summed E-state index contributed by atoms with van der Waals surface area (Å²) < 4.78 is 27.3. The third kappa shape index (κ3) is 2.78. The van der Waals surface area contributed by atoms with E-state index in [1.54, 1.807) is 12.1 Å². The molecule has 0 spiro atoms. The standard InChI is InChI=1S/C8H11NO3S/c1-2-7-12-13(10,11)8-5-3-4-6-9-8/h3-6H,2,7H2,1H3. The van der Waals surface area contributed by atoms with E-state index in [1.807, 2.05) is 6.92 Å².